The molecular weight excluding hydrogens is 478 g/mol. The summed E-state index contributed by atoms with van der Waals surface area (Å²) in [6.45, 7) is 6.83. The molecule has 0 saturated carbocycles. The van der Waals surface area contributed by atoms with Gasteiger partial charge in [-0.2, -0.15) is 5.21 Å². The second kappa shape index (κ2) is 13.5. The van der Waals surface area contributed by atoms with Crippen molar-refractivity contribution < 1.29 is 11.0 Å². The van der Waals surface area contributed by atoms with Crippen molar-refractivity contribution in [1.82, 2.24) is 20.6 Å². The zero-order valence-electron chi connectivity index (χ0n) is 19.5. The van der Waals surface area contributed by atoms with Gasteiger partial charge in [-0.05, 0) is 41.6 Å². The van der Waals surface area contributed by atoms with Crippen LogP contribution in [-0.2, 0) is 0 Å². The molecule has 0 spiro atoms. The highest BCUT2D eigenvalue weighted by molar-refractivity contribution is 6.05. The van der Waals surface area contributed by atoms with E-state index in [1.807, 2.05) is 60.7 Å². The molecule has 2 amide bonds. The summed E-state index contributed by atoms with van der Waals surface area (Å²) in [5.41, 5.74) is 3.96. The number of H-pyrrole nitrogens is 1. The van der Waals surface area contributed by atoms with Gasteiger partial charge >= 0.3 is 0 Å². The number of tetrazole rings is 1. The summed E-state index contributed by atoms with van der Waals surface area (Å²) in [5.74, 6) is 0.170. The predicted octanol–water partition coefficient (Wildman–Crippen LogP) is 6.49. The summed E-state index contributed by atoms with van der Waals surface area (Å²) >= 11 is 0. The quantitative estimate of drug-likeness (QED) is 0.236. The van der Waals surface area contributed by atoms with E-state index in [1.165, 1.54) is 0 Å². The van der Waals surface area contributed by atoms with E-state index in [4.69, 9.17) is 6.57 Å². The maximum Gasteiger partial charge on any atom is 0.255 e. The Bertz CT molecular complexity index is 1490. The first-order valence-corrected chi connectivity index (χ1v) is 11.2. The Hall–Kier alpha value is -5.62. The van der Waals surface area contributed by atoms with Gasteiger partial charge in [-0.15, -0.1) is 10.2 Å². The first-order valence-electron chi connectivity index (χ1n) is 11.2. The predicted molar refractivity (Wildman–Crippen MR) is 150 cm³/mol. The highest BCUT2D eigenvalue weighted by Gasteiger charge is 2.08. The van der Waals surface area contributed by atoms with E-state index in [9.17, 15) is 9.59 Å². The van der Waals surface area contributed by atoms with Gasteiger partial charge in [0, 0.05) is 29.5 Å². The molecule has 38 heavy (non-hydrogen) atoms. The maximum atomic E-state index is 12.1. The largest absolute Gasteiger partial charge is 0.322 e. The van der Waals surface area contributed by atoms with Crippen LogP contribution in [0.25, 0.3) is 16.2 Å². The molecule has 1 heterocycles. The van der Waals surface area contributed by atoms with Crippen molar-refractivity contribution in [2.45, 2.75) is 7.43 Å². The van der Waals surface area contributed by atoms with Gasteiger partial charge in [0.15, 0.2) is 5.69 Å². The van der Waals surface area contributed by atoms with Crippen molar-refractivity contribution in [3.63, 3.8) is 0 Å². The molecule has 0 unspecified atom stereocenters. The number of nitrogens with zero attached hydrogens (tertiary/aromatic N) is 4. The number of carbonyl (C=O) groups is 2. The molecule has 1 aromatic heterocycles. The number of nitrogens with one attached hydrogen (secondary N) is 3. The third-order valence-corrected chi connectivity index (χ3v) is 5.07. The van der Waals surface area contributed by atoms with Gasteiger partial charge in [-0.25, -0.2) is 4.85 Å². The second-order valence-corrected chi connectivity index (χ2v) is 7.61. The van der Waals surface area contributed by atoms with Crippen molar-refractivity contribution in [2.75, 3.05) is 10.6 Å². The third-order valence-electron chi connectivity index (χ3n) is 5.07. The minimum Gasteiger partial charge on any atom is -0.322 e. The van der Waals surface area contributed by atoms with E-state index in [1.54, 1.807) is 48.5 Å². The van der Waals surface area contributed by atoms with Crippen LogP contribution in [0.4, 0.5) is 17.1 Å². The molecule has 9 nitrogen and oxygen atoms in total. The fourth-order valence-corrected chi connectivity index (χ4v) is 3.19. The van der Waals surface area contributed by atoms with Crippen molar-refractivity contribution in [2.24, 2.45) is 0 Å². The van der Waals surface area contributed by atoms with Gasteiger partial charge < -0.3 is 10.6 Å². The molecule has 0 fully saturated rings. The van der Waals surface area contributed by atoms with E-state index in [2.05, 4.69) is 36.1 Å². The molecule has 0 aliphatic heterocycles. The molecule has 9 heteroatoms. The van der Waals surface area contributed by atoms with E-state index in [0.29, 0.717) is 22.6 Å². The smallest absolute Gasteiger partial charge is 0.255 e. The summed E-state index contributed by atoms with van der Waals surface area (Å²) < 4.78 is 0. The van der Waals surface area contributed by atoms with E-state index >= 15 is 0 Å². The highest BCUT2D eigenvalue weighted by atomic mass is 16.2. The highest BCUT2D eigenvalue weighted by Crippen LogP contribution is 2.16. The second-order valence-electron chi connectivity index (χ2n) is 7.61. The first-order chi connectivity index (χ1) is 18.1. The molecule has 4 aromatic carbocycles. The number of rotatable bonds is 5. The van der Waals surface area contributed by atoms with Gasteiger partial charge in [0.05, 0.1) is 6.57 Å². The summed E-state index contributed by atoms with van der Waals surface area (Å²) in [5, 5.41) is 19.2. The van der Waals surface area contributed by atoms with Crippen LogP contribution in [0.3, 0.4) is 0 Å². The Balaban J connectivity index is 0.000000263. The van der Waals surface area contributed by atoms with Gasteiger partial charge in [0.2, 0.25) is 5.82 Å². The standard InChI is InChI=1S/C14H11N5O.C14H10N2O.CH4.H2/c20-14(15-12-4-2-1-3-5-12)11-8-6-10(7-9-11)13-16-18-19-17-13;1-15-12-9-7-11(8-10-12)14(17)16-13-5-3-2-4-6-13;;/h1-9H,(H,15,20)(H,16,17,18,19);2-10H,(H,16,17);1H4;1H/i;;;1+1. The van der Waals surface area contributed by atoms with E-state index < -0.39 is 0 Å². The van der Waals surface area contributed by atoms with Crippen molar-refractivity contribution in [1.29, 1.82) is 0 Å². The molecule has 190 valence electrons. The molecular formula is C29H27N7O2. The Morgan fingerprint density at radius 1 is 0.711 bits per heavy atom. The Morgan fingerprint density at radius 3 is 1.61 bits per heavy atom. The van der Waals surface area contributed by atoms with Crippen LogP contribution >= 0.6 is 0 Å². The minimum absolute atomic E-state index is 0. The SMILES string of the molecule is C.O=C(Nc1ccccc1)c1ccc(-c2nn[nH]n2)cc1.[2HH].[C-]#[N+]c1ccc(C(=O)Nc2ccccc2)cc1. The number of aromatic amines is 1. The molecule has 5 aromatic rings. The lowest BCUT2D eigenvalue weighted by atomic mass is 10.1. The topological polar surface area (TPSA) is 117 Å². The summed E-state index contributed by atoms with van der Waals surface area (Å²) in [4.78, 5) is 27.1. The molecule has 0 bridgehead atoms. The van der Waals surface area contributed by atoms with Gasteiger partial charge in [0.25, 0.3) is 11.8 Å². The zero-order valence-corrected chi connectivity index (χ0v) is 19.5. The number of para-hydroxylation sites is 2. The van der Waals surface area contributed by atoms with Crippen LogP contribution in [0.15, 0.2) is 109 Å². The average Bonchev–Trinajstić information content (AvgIpc) is 3.50. The molecule has 0 aliphatic rings. The van der Waals surface area contributed by atoms with Crippen molar-refractivity contribution >= 4 is 28.9 Å². The van der Waals surface area contributed by atoms with Gasteiger partial charge in [-0.1, -0.05) is 80.2 Å². The number of benzene rings is 4. The number of anilines is 2. The number of amides is 2. The number of aromatic nitrogens is 4. The first kappa shape index (κ1) is 27.0. The molecule has 0 aliphatic carbocycles. The van der Waals surface area contributed by atoms with Crippen LogP contribution in [-0.4, -0.2) is 32.4 Å². The minimum atomic E-state index is -0.173. The lowest BCUT2D eigenvalue weighted by Gasteiger charge is -2.05. The summed E-state index contributed by atoms with van der Waals surface area (Å²) in [6.07, 6.45) is 0. The lowest BCUT2D eigenvalue weighted by molar-refractivity contribution is 0.101. The van der Waals surface area contributed by atoms with E-state index in [-0.39, 0.29) is 20.7 Å². The molecule has 0 radical (unpaired) electrons. The summed E-state index contributed by atoms with van der Waals surface area (Å²) in [6, 6.07) is 32.1. The monoisotopic (exact) mass is 506 g/mol. The van der Waals surface area contributed by atoms with Crippen LogP contribution in [0.5, 0.6) is 0 Å². The lowest BCUT2D eigenvalue weighted by Crippen LogP contribution is -2.11. The van der Waals surface area contributed by atoms with Crippen molar-refractivity contribution in [3.8, 4) is 11.4 Å². The molecule has 0 atom stereocenters. The Labute approximate surface area is 221 Å². The van der Waals surface area contributed by atoms with Gasteiger partial charge in [0.1, 0.15) is 0 Å². The maximum absolute atomic E-state index is 12.1. The Morgan fingerprint density at radius 2 is 1.18 bits per heavy atom. The molecule has 5 rings (SSSR count). The Kier molecular flexibility index (Phi) is 9.56. The zero-order chi connectivity index (χ0) is 25.9. The van der Waals surface area contributed by atoms with Crippen LogP contribution in [0, 0.1) is 6.57 Å². The van der Waals surface area contributed by atoms with Gasteiger partial charge in [-0.3, -0.25) is 9.59 Å². The number of hydrogen-bond donors (Lipinski definition) is 3. The van der Waals surface area contributed by atoms with Crippen molar-refractivity contribution in [3.05, 3.63) is 132 Å². The van der Waals surface area contributed by atoms with Crippen LogP contribution in [0.1, 0.15) is 29.6 Å². The van der Waals surface area contributed by atoms with Crippen LogP contribution in [0.2, 0.25) is 0 Å². The molecule has 3 N–H and O–H groups in total. The fraction of sp³-hybridized carbons (Fsp3) is 0.0345. The fourth-order valence-electron chi connectivity index (χ4n) is 3.19. The third kappa shape index (κ3) is 7.44. The number of hydrogen-bond acceptors (Lipinski definition) is 5. The molecule has 0 saturated heterocycles. The normalized spacial score (nSPS) is 9.55. The van der Waals surface area contributed by atoms with Crippen LogP contribution < -0.4 is 10.6 Å². The number of carbonyl (C=O) groups excluding carboxylic acids is 2. The van der Waals surface area contributed by atoms with E-state index in [0.717, 1.165) is 16.9 Å². The average molecular weight is 507 g/mol. The summed E-state index contributed by atoms with van der Waals surface area (Å²) in [7, 11) is 0.